The number of hydrogen-bond acceptors (Lipinski definition) is 4. The van der Waals surface area contributed by atoms with Gasteiger partial charge in [-0.05, 0) is 24.3 Å². The molecule has 1 aliphatic rings. The molecule has 0 spiro atoms. The summed E-state index contributed by atoms with van der Waals surface area (Å²) in [6.07, 6.45) is 0.111. The Hall–Kier alpha value is -3.36. The second-order valence-electron chi connectivity index (χ2n) is 6.17. The molecular formula is C19H19F2N3O4. The Labute approximate surface area is 160 Å². The highest BCUT2D eigenvalue weighted by Crippen LogP contribution is 2.33. The maximum absolute atomic E-state index is 13.2. The molecule has 9 heteroatoms. The third kappa shape index (κ3) is 4.13. The quantitative estimate of drug-likeness (QED) is 0.822. The normalized spacial score (nSPS) is 16.1. The molecule has 2 N–H and O–H groups in total. The highest BCUT2D eigenvalue weighted by molar-refractivity contribution is 5.98. The number of ether oxygens (including phenoxy) is 2. The Morgan fingerprint density at radius 2 is 1.82 bits per heavy atom. The molecule has 1 fully saturated rings. The summed E-state index contributed by atoms with van der Waals surface area (Å²) in [6.45, 7) is 0.263. The number of halogens is 2. The van der Waals surface area contributed by atoms with E-state index in [0.29, 0.717) is 17.2 Å². The Kier molecular flexibility index (Phi) is 5.62. The number of hydrogen-bond donors (Lipinski definition) is 2. The van der Waals surface area contributed by atoms with Gasteiger partial charge in [-0.15, -0.1) is 0 Å². The number of benzene rings is 2. The third-order valence-electron chi connectivity index (χ3n) is 4.32. The van der Waals surface area contributed by atoms with Crippen LogP contribution in [0.25, 0.3) is 0 Å². The van der Waals surface area contributed by atoms with Gasteiger partial charge in [0.05, 0.1) is 20.3 Å². The maximum atomic E-state index is 13.2. The van der Waals surface area contributed by atoms with E-state index in [4.69, 9.17) is 9.47 Å². The molecule has 2 aromatic rings. The number of anilines is 2. The fourth-order valence-corrected chi connectivity index (χ4v) is 2.97. The minimum Gasteiger partial charge on any atom is -0.493 e. The average molecular weight is 391 g/mol. The number of methoxy groups -OCH3 is 2. The number of nitrogens with one attached hydrogen (secondary N) is 2. The zero-order chi connectivity index (χ0) is 20.3. The van der Waals surface area contributed by atoms with Crippen LogP contribution in [0.15, 0.2) is 36.4 Å². The highest BCUT2D eigenvalue weighted by atomic mass is 19.2. The van der Waals surface area contributed by atoms with Crippen LogP contribution in [0.5, 0.6) is 11.5 Å². The molecule has 0 saturated carbocycles. The van der Waals surface area contributed by atoms with E-state index in [0.717, 1.165) is 12.1 Å². The van der Waals surface area contributed by atoms with Crippen molar-refractivity contribution >= 4 is 23.3 Å². The molecule has 0 unspecified atom stereocenters. The van der Waals surface area contributed by atoms with Crippen molar-refractivity contribution in [3.05, 3.63) is 48.0 Å². The molecule has 1 atom stereocenters. The number of carbonyl (C=O) groups is 2. The highest BCUT2D eigenvalue weighted by Gasteiger charge is 2.32. The van der Waals surface area contributed by atoms with Gasteiger partial charge >= 0.3 is 6.03 Å². The molecule has 0 aromatic heterocycles. The van der Waals surface area contributed by atoms with Crippen LogP contribution in [0.4, 0.5) is 25.0 Å². The van der Waals surface area contributed by atoms with Crippen LogP contribution in [0.3, 0.4) is 0 Å². The van der Waals surface area contributed by atoms with Crippen LogP contribution >= 0.6 is 0 Å². The van der Waals surface area contributed by atoms with Crippen molar-refractivity contribution in [2.75, 3.05) is 31.0 Å². The first-order chi connectivity index (χ1) is 13.4. The van der Waals surface area contributed by atoms with E-state index in [1.54, 1.807) is 18.2 Å². The lowest BCUT2D eigenvalue weighted by atomic mass is 10.2. The lowest BCUT2D eigenvalue weighted by Crippen LogP contribution is -2.39. The van der Waals surface area contributed by atoms with Crippen molar-refractivity contribution in [2.24, 2.45) is 0 Å². The molecule has 0 bridgehead atoms. The number of carbonyl (C=O) groups excluding carboxylic acids is 2. The molecule has 0 aliphatic carbocycles. The Morgan fingerprint density at radius 3 is 2.50 bits per heavy atom. The number of amides is 3. The zero-order valence-electron chi connectivity index (χ0n) is 15.3. The van der Waals surface area contributed by atoms with E-state index in [2.05, 4.69) is 10.6 Å². The van der Waals surface area contributed by atoms with Crippen LogP contribution in [0, 0.1) is 11.6 Å². The molecule has 148 valence electrons. The summed E-state index contributed by atoms with van der Waals surface area (Å²) in [5.41, 5.74) is 0.727. The summed E-state index contributed by atoms with van der Waals surface area (Å²) in [7, 11) is 3.02. The summed E-state index contributed by atoms with van der Waals surface area (Å²) < 4.78 is 36.6. The van der Waals surface area contributed by atoms with Gasteiger partial charge in [0.2, 0.25) is 5.91 Å². The summed E-state index contributed by atoms with van der Waals surface area (Å²) in [4.78, 5) is 26.0. The van der Waals surface area contributed by atoms with Crippen LogP contribution < -0.4 is 25.0 Å². The summed E-state index contributed by atoms with van der Waals surface area (Å²) in [5, 5.41) is 5.07. The molecule has 1 aliphatic heterocycles. The summed E-state index contributed by atoms with van der Waals surface area (Å²) in [5.74, 6) is -1.20. The lowest BCUT2D eigenvalue weighted by molar-refractivity contribution is -0.117. The van der Waals surface area contributed by atoms with E-state index >= 15 is 0 Å². The fraction of sp³-hybridized carbons (Fsp3) is 0.263. The van der Waals surface area contributed by atoms with Crippen molar-refractivity contribution in [3.63, 3.8) is 0 Å². The molecule has 7 nitrogen and oxygen atoms in total. The Balaban J connectivity index is 1.64. The monoisotopic (exact) mass is 391 g/mol. The molecule has 2 aromatic carbocycles. The maximum Gasteiger partial charge on any atom is 0.319 e. The van der Waals surface area contributed by atoms with Gasteiger partial charge in [-0.3, -0.25) is 4.79 Å². The fourth-order valence-electron chi connectivity index (χ4n) is 2.97. The molecular weight excluding hydrogens is 372 g/mol. The minimum atomic E-state index is -1.06. The van der Waals surface area contributed by atoms with Gasteiger partial charge in [-0.1, -0.05) is 0 Å². The second kappa shape index (κ2) is 8.12. The van der Waals surface area contributed by atoms with Crippen LogP contribution in [-0.2, 0) is 4.79 Å². The largest absolute Gasteiger partial charge is 0.493 e. The Bertz CT molecular complexity index is 907. The van der Waals surface area contributed by atoms with E-state index in [9.17, 15) is 18.4 Å². The predicted octanol–water partition coefficient (Wildman–Crippen LogP) is 2.91. The van der Waals surface area contributed by atoms with Crippen molar-refractivity contribution in [2.45, 2.75) is 12.5 Å². The number of urea groups is 1. The Morgan fingerprint density at radius 1 is 1.07 bits per heavy atom. The van der Waals surface area contributed by atoms with Gasteiger partial charge in [-0.2, -0.15) is 0 Å². The lowest BCUT2D eigenvalue weighted by Gasteiger charge is -2.19. The van der Waals surface area contributed by atoms with Gasteiger partial charge in [0.1, 0.15) is 0 Å². The average Bonchev–Trinajstić information content (AvgIpc) is 3.04. The SMILES string of the molecule is COc1ccc(N2C[C@H](NC(=O)Nc3ccc(F)c(F)c3)CC2=O)cc1OC. The second-order valence-corrected chi connectivity index (χ2v) is 6.17. The first-order valence-electron chi connectivity index (χ1n) is 8.46. The standard InChI is InChI=1S/C19H19F2N3O4/c1-27-16-6-4-13(9-17(16)28-2)24-10-12(8-18(24)25)23-19(26)22-11-3-5-14(20)15(21)7-11/h3-7,9,12H,8,10H2,1-2H3,(H2,22,23,26)/t12-/m1/s1. The minimum absolute atomic E-state index is 0.109. The number of rotatable bonds is 5. The molecule has 1 heterocycles. The van der Waals surface area contributed by atoms with Gasteiger partial charge in [0, 0.05) is 36.5 Å². The smallest absolute Gasteiger partial charge is 0.319 e. The van der Waals surface area contributed by atoms with E-state index in [1.165, 1.54) is 25.2 Å². The van der Waals surface area contributed by atoms with E-state index in [1.807, 2.05) is 0 Å². The summed E-state index contributed by atoms with van der Waals surface area (Å²) in [6, 6.07) is 7.09. The van der Waals surface area contributed by atoms with Crippen molar-refractivity contribution in [1.29, 1.82) is 0 Å². The molecule has 3 amide bonds. The molecule has 1 saturated heterocycles. The van der Waals surface area contributed by atoms with Gasteiger partial charge in [0.25, 0.3) is 0 Å². The third-order valence-corrected chi connectivity index (χ3v) is 4.32. The van der Waals surface area contributed by atoms with E-state index in [-0.39, 0.29) is 24.6 Å². The van der Waals surface area contributed by atoms with Crippen LogP contribution in [0.2, 0.25) is 0 Å². The van der Waals surface area contributed by atoms with Crippen molar-refractivity contribution < 1.29 is 27.8 Å². The molecule has 28 heavy (non-hydrogen) atoms. The topological polar surface area (TPSA) is 79.9 Å². The van der Waals surface area contributed by atoms with Crippen LogP contribution in [0.1, 0.15) is 6.42 Å². The van der Waals surface area contributed by atoms with Gasteiger partial charge in [-0.25, -0.2) is 13.6 Å². The summed E-state index contributed by atoms with van der Waals surface area (Å²) >= 11 is 0. The van der Waals surface area contributed by atoms with Gasteiger partial charge in [0.15, 0.2) is 23.1 Å². The molecule has 3 rings (SSSR count). The van der Waals surface area contributed by atoms with E-state index < -0.39 is 23.7 Å². The van der Waals surface area contributed by atoms with Crippen LogP contribution in [-0.4, -0.2) is 38.7 Å². The first-order valence-corrected chi connectivity index (χ1v) is 8.46. The molecule has 0 radical (unpaired) electrons. The van der Waals surface area contributed by atoms with Gasteiger partial charge < -0.3 is 25.0 Å². The number of nitrogens with zero attached hydrogens (tertiary/aromatic N) is 1. The predicted molar refractivity (Wildman–Crippen MR) is 98.8 cm³/mol. The first kappa shape index (κ1) is 19.4. The van der Waals surface area contributed by atoms with Crippen molar-refractivity contribution in [3.8, 4) is 11.5 Å². The zero-order valence-corrected chi connectivity index (χ0v) is 15.3. The van der Waals surface area contributed by atoms with Crippen molar-refractivity contribution in [1.82, 2.24) is 5.32 Å².